The standard InChI is InChI=1S/C16H22O2/c1-6-15(17)18-13(3)9-10-14-12(2)8-7-11-16(14,4)5/h6,8-10,14H,1,3,7,11H2,2,4-5H3/b10-9+. The molecule has 18 heavy (non-hydrogen) atoms. The summed E-state index contributed by atoms with van der Waals surface area (Å²) in [5, 5.41) is 0. The van der Waals surface area contributed by atoms with E-state index in [2.05, 4.69) is 46.1 Å². The van der Waals surface area contributed by atoms with Crippen LogP contribution in [-0.2, 0) is 9.53 Å². The smallest absolute Gasteiger partial charge is 0.335 e. The summed E-state index contributed by atoms with van der Waals surface area (Å²) in [4.78, 5) is 11.0. The van der Waals surface area contributed by atoms with E-state index in [1.807, 2.05) is 0 Å². The third-order valence-corrected chi connectivity index (χ3v) is 3.46. The normalized spacial score (nSPS) is 22.4. The summed E-state index contributed by atoms with van der Waals surface area (Å²) in [5.74, 6) is 0.249. The fourth-order valence-electron chi connectivity index (χ4n) is 2.39. The van der Waals surface area contributed by atoms with Gasteiger partial charge in [-0.25, -0.2) is 4.79 Å². The third kappa shape index (κ3) is 3.73. The molecule has 0 bridgehead atoms. The Morgan fingerprint density at radius 3 is 2.78 bits per heavy atom. The van der Waals surface area contributed by atoms with Crippen LogP contribution in [0.3, 0.4) is 0 Å². The van der Waals surface area contributed by atoms with Gasteiger partial charge in [0.25, 0.3) is 0 Å². The second-order valence-electron chi connectivity index (χ2n) is 5.40. The zero-order valence-electron chi connectivity index (χ0n) is 11.5. The highest BCUT2D eigenvalue weighted by Crippen LogP contribution is 2.41. The Morgan fingerprint density at radius 1 is 1.56 bits per heavy atom. The predicted octanol–water partition coefficient (Wildman–Crippen LogP) is 4.17. The Morgan fingerprint density at radius 2 is 2.22 bits per heavy atom. The number of allylic oxidation sites excluding steroid dienone is 4. The highest BCUT2D eigenvalue weighted by Gasteiger charge is 2.30. The highest BCUT2D eigenvalue weighted by molar-refractivity contribution is 5.82. The van der Waals surface area contributed by atoms with Crippen molar-refractivity contribution in [1.82, 2.24) is 0 Å². The van der Waals surface area contributed by atoms with E-state index in [1.165, 1.54) is 5.57 Å². The lowest BCUT2D eigenvalue weighted by Gasteiger charge is -2.36. The quantitative estimate of drug-likeness (QED) is 0.245. The fraction of sp³-hybridized carbons (Fsp3) is 0.438. The van der Waals surface area contributed by atoms with Crippen molar-refractivity contribution in [2.24, 2.45) is 11.3 Å². The summed E-state index contributed by atoms with van der Waals surface area (Å²) in [5.41, 5.74) is 1.60. The molecule has 0 radical (unpaired) electrons. The van der Waals surface area contributed by atoms with Gasteiger partial charge in [0.1, 0.15) is 5.76 Å². The lowest BCUT2D eigenvalue weighted by molar-refractivity contribution is -0.133. The number of esters is 1. The summed E-state index contributed by atoms with van der Waals surface area (Å²) in [6.45, 7) is 13.7. The number of ether oxygens (including phenoxy) is 1. The molecule has 0 aliphatic heterocycles. The predicted molar refractivity (Wildman–Crippen MR) is 74.8 cm³/mol. The summed E-state index contributed by atoms with van der Waals surface area (Å²) in [6.07, 6.45) is 9.56. The molecule has 0 aromatic rings. The van der Waals surface area contributed by atoms with Crippen LogP contribution in [0.2, 0.25) is 0 Å². The number of carbonyl (C=O) groups excluding carboxylic acids is 1. The van der Waals surface area contributed by atoms with Gasteiger partial charge in [-0.3, -0.25) is 0 Å². The van der Waals surface area contributed by atoms with Gasteiger partial charge in [-0.05, 0) is 31.3 Å². The van der Waals surface area contributed by atoms with Crippen molar-refractivity contribution in [3.63, 3.8) is 0 Å². The van der Waals surface area contributed by atoms with Crippen molar-refractivity contribution in [3.8, 4) is 0 Å². The number of hydrogen-bond acceptors (Lipinski definition) is 2. The average Bonchev–Trinajstić information content (AvgIpc) is 2.27. The van der Waals surface area contributed by atoms with Crippen LogP contribution < -0.4 is 0 Å². The van der Waals surface area contributed by atoms with Crippen LogP contribution in [0.4, 0.5) is 0 Å². The van der Waals surface area contributed by atoms with Crippen molar-refractivity contribution in [2.45, 2.75) is 33.6 Å². The molecule has 0 saturated carbocycles. The van der Waals surface area contributed by atoms with E-state index in [9.17, 15) is 4.79 Å². The van der Waals surface area contributed by atoms with Crippen LogP contribution in [0.1, 0.15) is 33.6 Å². The van der Waals surface area contributed by atoms with Crippen LogP contribution in [0.15, 0.2) is 48.8 Å². The molecule has 0 fully saturated rings. The van der Waals surface area contributed by atoms with Gasteiger partial charge in [0, 0.05) is 12.0 Å². The largest absolute Gasteiger partial charge is 0.424 e. The van der Waals surface area contributed by atoms with Gasteiger partial charge in [-0.15, -0.1) is 0 Å². The summed E-state index contributed by atoms with van der Waals surface area (Å²) >= 11 is 0. The van der Waals surface area contributed by atoms with Crippen molar-refractivity contribution in [1.29, 1.82) is 0 Å². The molecule has 2 heteroatoms. The molecule has 0 spiro atoms. The first kappa shape index (κ1) is 14.5. The van der Waals surface area contributed by atoms with Gasteiger partial charge in [-0.1, -0.05) is 44.7 Å². The van der Waals surface area contributed by atoms with Crippen LogP contribution in [0, 0.1) is 11.3 Å². The average molecular weight is 246 g/mol. The maximum absolute atomic E-state index is 11.0. The third-order valence-electron chi connectivity index (χ3n) is 3.46. The Balaban J connectivity index is 2.73. The zero-order chi connectivity index (χ0) is 13.8. The van der Waals surface area contributed by atoms with Crippen molar-refractivity contribution < 1.29 is 9.53 Å². The van der Waals surface area contributed by atoms with Crippen LogP contribution in [0.5, 0.6) is 0 Å². The molecule has 0 aromatic carbocycles. The first-order valence-corrected chi connectivity index (χ1v) is 6.25. The van der Waals surface area contributed by atoms with Gasteiger partial charge in [0.2, 0.25) is 0 Å². The van der Waals surface area contributed by atoms with Crippen LogP contribution in [-0.4, -0.2) is 5.97 Å². The number of rotatable bonds is 4. The van der Waals surface area contributed by atoms with Crippen molar-refractivity contribution in [2.75, 3.05) is 0 Å². The SMILES string of the molecule is C=CC(=O)OC(=C)/C=C/C1C(C)=CCCC1(C)C. The second kappa shape index (κ2) is 5.85. The highest BCUT2D eigenvalue weighted by atomic mass is 16.5. The molecule has 0 heterocycles. The van der Waals surface area contributed by atoms with Gasteiger partial charge in [0.05, 0.1) is 0 Å². The molecular weight excluding hydrogens is 224 g/mol. The Hall–Kier alpha value is -1.57. The minimum absolute atomic E-state index is 0.234. The zero-order valence-corrected chi connectivity index (χ0v) is 11.5. The van der Waals surface area contributed by atoms with Gasteiger partial charge in [-0.2, -0.15) is 0 Å². The number of carbonyl (C=O) groups is 1. The minimum atomic E-state index is -0.472. The molecule has 1 aliphatic carbocycles. The van der Waals surface area contributed by atoms with Crippen LogP contribution in [0.25, 0.3) is 0 Å². The topological polar surface area (TPSA) is 26.3 Å². The molecule has 1 aliphatic rings. The molecular formula is C16H22O2. The molecule has 2 nitrogen and oxygen atoms in total. The van der Waals surface area contributed by atoms with Gasteiger partial charge in [0.15, 0.2) is 0 Å². The second-order valence-corrected chi connectivity index (χ2v) is 5.40. The molecule has 0 saturated heterocycles. The van der Waals surface area contributed by atoms with E-state index in [1.54, 1.807) is 6.08 Å². The summed E-state index contributed by atoms with van der Waals surface area (Å²) in [6, 6.07) is 0. The van der Waals surface area contributed by atoms with Gasteiger partial charge >= 0.3 is 5.97 Å². The summed E-state index contributed by atoms with van der Waals surface area (Å²) < 4.78 is 4.94. The van der Waals surface area contributed by atoms with E-state index in [0.717, 1.165) is 18.9 Å². The minimum Gasteiger partial charge on any atom is -0.424 e. The fourth-order valence-corrected chi connectivity index (χ4v) is 2.39. The first-order chi connectivity index (χ1) is 8.36. The lowest BCUT2D eigenvalue weighted by Crippen LogP contribution is -2.26. The Kier molecular flexibility index (Phi) is 4.71. The van der Waals surface area contributed by atoms with E-state index in [-0.39, 0.29) is 5.41 Å². The molecule has 1 atom stereocenters. The summed E-state index contributed by atoms with van der Waals surface area (Å²) in [7, 11) is 0. The van der Waals surface area contributed by atoms with E-state index in [4.69, 9.17) is 4.74 Å². The molecule has 1 unspecified atom stereocenters. The Bertz CT molecular complexity index is 411. The van der Waals surface area contributed by atoms with E-state index < -0.39 is 5.97 Å². The molecule has 98 valence electrons. The lowest BCUT2D eigenvalue weighted by atomic mass is 9.68. The number of hydrogen-bond donors (Lipinski definition) is 0. The van der Waals surface area contributed by atoms with E-state index in [0.29, 0.717) is 11.7 Å². The molecule has 0 amide bonds. The monoisotopic (exact) mass is 246 g/mol. The Labute approximate surface area is 110 Å². The van der Waals surface area contributed by atoms with Gasteiger partial charge < -0.3 is 4.74 Å². The van der Waals surface area contributed by atoms with Crippen molar-refractivity contribution >= 4 is 5.97 Å². The maximum Gasteiger partial charge on any atom is 0.335 e. The molecule has 0 N–H and O–H groups in total. The van der Waals surface area contributed by atoms with Crippen molar-refractivity contribution in [3.05, 3.63) is 48.8 Å². The molecule has 0 aromatic heterocycles. The first-order valence-electron chi connectivity index (χ1n) is 6.25. The molecule has 1 rings (SSSR count). The maximum atomic E-state index is 11.0. The van der Waals surface area contributed by atoms with Crippen LogP contribution >= 0.6 is 0 Å². The van der Waals surface area contributed by atoms with E-state index >= 15 is 0 Å².